The molecule has 0 saturated carbocycles. The minimum Gasteiger partial charge on any atom is -0.352 e. The first-order chi connectivity index (χ1) is 9.25. The quantitative estimate of drug-likeness (QED) is 0.752. The SMILES string of the molecule is O=C(Nc1ccccc1)c1c[nH]c2sccc2c1=O. The van der Waals surface area contributed by atoms with E-state index in [2.05, 4.69) is 10.3 Å². The molecule has 0 fully saturated rings. The van der Waals surface area contributed by atoms with Crippen LogP contribution in [-0.4, -0.2) is 10.9 Å². The minimum absolute atomic E-state index is 0.120. The molecule has 1 aromatic carbocycles. The number of aromatic nitrogens is 1. The van der Waals surface area contributed by atoms with Gasteiger partial charge in [0.05, 0.1) is 5.39 Å². The minimum atomic E-state index is -0.402. The number of benzene rings is 1. The molecule has 0 saturated heterocycles. The Morgan fingerprint density at radius 1 is 1.16 bits per heavy atom. The normalized spacial score (nSPS) is 10.5. The van der Waals surface area contributed by atoms with Gasteiger partial charge in [-0.15, -0.1) is 11.3 Å². The highest BCUT2D eigenvalue weighted by Gasteiger charge is 2.13. The molecule has 0 aliphatic rings. The van der Waals surface area contributed by atoms with Crippen LogP contribution in [0.1, 0.15) is 10.4 Å². The number of hydrogen-bond donors (Lipinski definition) is 2. The first-order valence-corrected chi connectivity index (χ1v) is 6.59. The fraction of sp³-hybridized carbons (Fsp3) is 0. The van der Waals surface area contributed by atoms with Crippen molar-refractivity contribution in [3.8, 4) is 0 Å². The number of para-hydroxylation sites is 1. The van der Waals surface area contributed by atoms with E-state index >= 15 is 0 Å². The van der Waals surface area contributed by atoms with E-state index in [0.29, 0.717) is 11.1 Å². The van der Waals surface area contributed by atoms with Crippen LogP contribution in [0.5, 0.6) is 0 Å². The molecule has 5 heteroatoms. The number of rotatable bonds is 2. The number of thiophene rings is 1. The molecule has 2 heterocycles. The zero-order valence-corrected chi connectivity index (χ0v) is 10.7. The van der Waals surface area contributed by atoms with Crippen molar-refractivity contribution >= 4 is 33.1 Å². The smallest absolute Gasteiger partial charge is 0.261 e. The molecule has 0 radical (unpaired) electrons. The Balaban J connectivity index is 1.98. The molecule has 2 N–H and O–H groups in total. The third kappa shape index (κ3) is 2.15. The Kier molecular flexibility index (Phi) is 2.89. The van der Waals surface area contributed by atoms with Crippen molar-refractivity contribution in [3.63, 3.8) is 0 Å². The summed E-state index contributed by atoms with van der Waals surface area (Å²) in [4.78, 5) is 28.0. The number of carbonyl (C=O) groups is 1. The first-order valence-electron chi connectivity index (χ1n) is 5.71. The Bertz CT molecular complexity index is 790. The van der Waals surface area contributed by atoms with Gasteiger partial charge in [0.25, 0.3) is 5.91 Å². The average molecular weight is 270 g/mol. The molecule has 0 spiro atoms. The van der Waals surface area contributed by atoms with Crippen molar-refractivity contribution in [2.45, 2.75) is 0 Å². The van der Waals surface area contributed by atoms with Gasteiger partial charge in [0.1, 0.15) is 10.4 Å². The van der Waals surface area contributed by atoms with Crippen LogP contribution in [0.3, 0.4) is 0 Å². The standard InChI is InChI=1S/C14H10N2O2S/c17-12-10-6-7-19-14(10)15-8-11(12)13(18)16-9-4-2-1-3-5-9/h1-8H,(H,15,17)(H,16,18). The lowest BCUT2D eigenvalue weighted by molar-refractivity contribution is 0.102. The number of hydrogen-bond acceptors (Lipinski definition) is 3. The molecule has 3 rings (SSSR count). The molecule has 19 heavy (non-hydrogen) atoms. The van der Waals surface area contributed by atoms with Crippen molar-refractivity contribution in [3.05, 3.63) is 63.8 Å². The van der Waals surface area contributed by atoms with Gasteiger partial charge in [-0.25, -0.2) is 0 Å². The van der Waals surface area contributed by atoms with Crippen molar-refractivity contribution in [1.82, 2.24) is 4.98 Å². The monoisotopic (exact) mass is 270 g/mol. The van der Waals surface area contributed by atoms with E-state index in [9.17, 15) is 9.59 Å². The predicted molar refractivity (Wildman–Crippen MR) is 76.8 cm³/mol. The summed E-state index contributed by atoms with van der Waals surface area (Å²) in [6.07, 6.45) is 1.46. The van der Waals surface area contributed by atoms with Crippen LogP contribution in [0.4, 0.5) is 5.69 Å². The molecule has 4 nitrogen and oxygen atoms in total. The van der Waals surface area contributed by atoms with Gasteiger partial charge in [-0.3, -0.25) is 9.59 Å². The molecule has 94 valence electrons. The molecule has 0 bridgehead atoms. The van der Waals surface area contributed by atoms with Gasteiger partial charge in [-0.05, 0) is 23.6 Å². The number of nitrogens with one attached hydrogen (secondary N) is 2. The van der Waals surface area contributed by atoms with E-state index in [1.165, 1.54) is 17.5 Å². The molecule has 0 aliphatic heterocycles. The second-order valence-corrected chi connectivity index (χ2v) is 4.93. The van der Waals surface area contributed by atoms with E-state index in [1.807, 2.05) is 23.6 Å². The van der Waals surface area contributed by atoms with Crippen LogP contribution in [0.2, 0.25) is 0 Å². The summed E-state index contributed by atoms with van der Waals surface area (Å²) < 4.78 is 0. The number of fused-ring (bicyclic) bond motifs is 1. The van der Waals surface area contributed by atoms with Crippen molar-refractivity contribution in [1.29, 1.82) is 0 Å². The maximum Gasteiger partial charge on any atom is 0.261 e. The zero-order chi connectivity index (χ0) is 13.2. The number of H-pyrrole nitrogens is 1. The maximum absolute atomic E-state index is 12.1. The van der Waals surface area contributed by atoms with Crippen LogP contribution in [-0.2, 0) is 0 Å². The molecule has 0 aliphatic carbocycles. The van der Waals surface area contributed by atoms with Gasteiger partial charge < -0.3 is 10.3 Å². The molecular formula is C14H10N2O2S. The summed E-state index contributed by atoms with van der Waals surface area (Å²) >= 11 is 1.44. The summed E-state index contributed by atoms with van der Waals surface area (Å²) in [5, 5.41) is 5.07. The Hall–Kier alpha value is -2.40. The molecule has 2 aromatic heterocycles. The zero-order valence-electron chi connectivity index (χ0n) is 9.84. The van der Waals surface area contributed by atoms with Gasteiger partial charge in [0, 0.05) is 11.9 Å². The fourth-order valence-corrected chi connectivity index (χ4v) is 2.59. The third-order valence-electron chi connectivity index (χ3n) is 2.78. The van der Waals surface area contributed by atoms with E-state index in [1.54, 1.807) is 18.2 Å². The van der Waals surface area contributed by atoms with Crippen molar-refractivity contribution in [2.24, 2.45) is 0 Å². The van der Waals surface area contributed by atoms with Gasteiger partial charge in [-0.1, -0.05) is 18.2 Å². The number of pyridine rings is 1. The van der Waals surface area contributed by atoms with Crippen LogP contribution < -0.4 is 10.7 Å². The third-order valence-corrected chi connectivity index (χ3v) is 3.62. The highest BCUT2D eigenvalue weighted by Crippen LogP contribution is 2.15. The number of amides is 1. The Morgan fingerprint density at radius 3 is 2.74 bits per heavy atom. The van der Waals surface area contributed by atoms with Gasteiger partial charge in [-0.2, -0.15) is 0 Å². The van der Waals surface area contributed by atoms with Gasteiger partial charge >= 0.3 is 0 Å². The van der Waals surface area contributed by atoms with Crippen molar-refractivity contribution < 1.29 is 4.79 Å². The van der Waals surface area contributed by atoms with Crippen LogP contribution in [0.15, 0.2) is 52.8 Å². The van der Waals surface area contributed by atoms with E-state index in [0.717, 1.165) is 4.83 Å². The molecule has 1 amide bonds. The van der Waals surface area contributed by atoms with Crippen LogP contribution in [0.25, 0.3) is 10.2 Å². The first kappa shape index (κ1) is 11.7. The maximum atomic E-state index is 12.1. The van der Waals surface area contributed by atoms with E-state index < -0.39 is 5.91 Å². The Morgan fingerprint density at radius 2 is 1.95 bits per heavy atom. The number of anilines is 1. The molecule has 0 atom stereocenters. The van der Waals surface area contributed by atoms with Gasteiger partial charge in [0.15, 0.2) is 0 Å². The topological polar surface area (TPSA) is 62.0 Å². The lowest BCUT2D eigenvalue weighted by atomic mass is 10.2. The highest BCUT2D eigenvalue weighted by atomic mass is 32.1. The largest absolute Gasteiger partial charge is 0.352 e. The fourth-order valence-electron chi connectivity index (χ4n) is 1.84. The highest BCUT2D eigenvalue weighted by molar-refractivity contribution is 7.16. The molecular weight excluding hydrogens is 260 g/mol. The summed E-state index contributed by atoms with van der Waals surface area (Å²) in [5.41, 5.74) is 0.537. The molecule has 0 unspecified atom stereocenters. The van der Waals surface area contributed by atoms with Gasteiger partial charge in [0.2, 0.25) is 5.43 Å². The number of aromatic amines is 1. The summed E-state index contributed by atoms with van der Waals surface area (Å²) in [6, 6.07) is 10.8. The second kappa shape index (κ2) is 4.70. The van der Waals surface area contributed by atoms with Crippen LogP contribution in [0, 0.1) is 0 Å². The lowest BCUT2D eigenvalue weighted by Gasteiger charge is -2.04. The summed E-state index contributed by atoms with van der Waals surface area (Å²) in [7, 11) is 0. The summed E-state index contributed by atoms with van der Waals surface area (Å²) in [6.45, 7) is 0. The average Bonchev–Trinajstić information content (AvgIpc) is 2.89. The summed E-state index contributed by atoms with van der Waals surface area (Å²) in [5.74, 6) is -0.402. The van der Waals surface area contributed by atoms with E-state index in [-0.39, 0.29) is 11.0 Å². The van der Waals surface area contributed by atoms with Crippen LogP contribution >= 0.6 is 11.3 Å². The predicted octanol–water partition coefficient (Wildman–Crippen LogP) is 2.84. The number of carbonyl (C=O) groups excluding carboxylic acids is 1. The second-order valence-electron chi connectivity index (χ2n) is 4.02. The van der Waals surface area contributed by atoms with E-state index in [4.69, 9.17) is 0 Å². The Labute approximate surface area is 112 Å². The molecule has 3 aromatic rings. The van der Waals surface area contributed by atoms with Crippen molar-refractivity contribution in [2.75, 3.05) is 5.32 Å². The lowest BCUT2D eigenvalue weighted by Crippen LogP contribution is -2.21.